The van der Waals surface area contributed by atoms with Crippen molar-refractivity contribution < 1.29 is 4.74 Å². The second-order valence-electron chi connectivity index (χ2n) is 6.26. The van der Waals surface area contributed by atoms with Gasteiger partial charge in [0.15, 0.2) is 5.75 Å². The molecule has 0 saturated carbocycles. The van der Waals surface area contributed by atoms with Crippen LogP contribution in [0.25, 0.3) is 10.9 Å². The van der Waals surface area contributed by atoms with Crippen molar-refractivity contribution in [2.24, 2.45) is 22.8 Å². The first-order valence-corrected chi connectivity index (χ1v) is 8.30. The van der Waals surface area contributed by atoms with E-state index in [0.29, 0.717) is 23.5 Å². The molecule has 0 aliphatic heterocycles. The zero-order chi connectivity index (χ0) is 18.7. The fraction of sp³-hybridized carbons (Fsp3) is 0.263. The molecule has 0 fully saturated rings. The van der Waals surface area contributed by atoms with Gasteiger partial charge in [-0.25, -0.2) is 15.0 Å². The molecular formula is C19H22N6O. The van der Waals surface area contributed by atoms with Gasteiger partial charge in [-0.1, -0.05) is 13.8 Å². The number of aryl methyl sites for hydroxylation is 1. The van der Waals surface area contributed by atoms with E-state index in [-0.39, 0.29) is 0 Å². The van der Waals surface area contributed by atoms with Gasteiger partial charge >= 0.3 is 0 Å². The van der Waals surface area contributed by atoms with Gasteiger partial charge in [0.25, 0.3) is 5.95 Å². The highest BCUT2D eigenvalue weighted by Gasteiger charge is 2.11. The number of rotatable bonds is 5. The molecule has 0 unspecified atom stereocenters. The van der Waals surface area contributed by atoms with Crippen LogP contribution in [0, 0.1) is 0 Å². The Bertz CT molecular complexity index is 970. The third-order valence-electron chi connectivity index (χ3n) is 4.16. The summed E-state index contributed by atoms with van der Waals surface area (Å²) in [5.41, 5.74) is 9.44. The number of nitrogens with two attached hydrogens (primary N) is 1. The minimum Gasteiger partial charge on any atom is -0.494 e. The van der Waals surface area contributed by atoms with Crippen molar-refractivity contribution in [3.8, 4) is 5.75 Å². The Morgan fingerprint density at radius 3 is 2.65 bits per heavy atom. The van der Waals surface area contributed by atoms with Crippen LogP contribution in [0.15, 0.2) is 46.8 Å². The van der Waals surface area contributed by atoms with E-state index >= 15 is 0 Å². The minimum absolute atomic E-state index is 0.294. The van der Waals surface area contributed by atoms with Crippen LogP contribution in [0.5, 0.6) is 5.75 Å². The van der Waals surface area contributed by atoms with Crippen LogP contribution in [-0.2, 0) is 7.05 Å². The molecule has 0 spiro atoms. The number of hydrogen-bond acceptors (Lipinski definition) is 4. The van der Waals surface area contributed by atoms with Gasteiger partial charge in [-0.15, -0.1) is 0 Å². The molecule has 0 amide bonds. The first-order valence-electron chi connectivity index (χ1n) is 8.30. The van der Waals surface area contributed by atoms with Gasteiger partial charge in [-0.05, 0) is 29.7 Å². The van der Waals surface area contributed by atoms with Gasteiger partial charge in [0, 0.05) is 29.7 Å². The second kappa shape index (κ2) is 7.35. The predicted octanol–water partition coefficient (Wildman–Crippen LogP) is 3.17. The molecule has 0 aliphatic rings. The SMILES string of the molecule is COc1cnc(/N=C/N=C(N)c2ccc3c(c2)c(C(C)C)cn3C)nc1. The van der Waals surface area contributed by atoms with E-state index in [9.17, 15) is 0 Å². The molecule has 3 aromatic rings. The topological polar surface area (TPSA) is 90.7 Å². The normalized spacial score (nSPS) is 12.4. The maximum Gasteiger partial charge on any atom is 0.251 e. The van der Waals surface area contributed by atoms with E-state index in [4.69, 9.17) is 10.5 Å². The summed E-state index contributed by atoms with van der Waals surface area (Å²) in [4.78, 5) is 16.4. The number of aromatic nitrogens is 3. The van der Waals surface area contributed by atoms with Crippen LogP contribution in [-0.4, -0.2) is 33.8 Å². The summed E-state index contributed by atoms with van der Waals surface area (Å²) in [6.07, 6.45) is 6.61. The molecule has 2 aromatic heterocycles. The van der Waals surface area contributed by atoms with E-state index in [0.717, 1.165) is 5.56 Å². The van der Waals surface area contributed by atoms with Gasteiger partial charge in [-0.3, -0.25) is 0 Å². The zero-order valence-electron chi connectivity index (χ0n) is 15.3. The van der Waals surface area contributed by atoms with Crippen molar-refractivity contribution in [3.05, 3.63) is 47.9 Å². The highest BCUT2D eigenvalue weighted by Crippen LogP contribution is 2.27. The Labute approximate surface area is 152 Å². The number of nitrogens with zero attached hydrogens (tertiary/aromatic N) is 5. The van der Waals surface area contributed by atoms with Crippen LogP contribution < -0.4 is 10.5 Å². The van der Waals surface area contributed by atoms with Crippen LogP contribution >= 0.6 is 0 Å². The molecule has 3 rings (SSSR count). The Morgan fingerprint density at radius 2 is 2.00 bits per heavy atom. The van der Waals surface area contributed by atoms with Crippen molar-refractivity contribution in [3.63, 3.8) is 0 Å². The number of hydrogen-bond donors (Lipinski definition) is 1. The monoisotopic (exact) mass is 350 g/mol. The maximum atomic E-state index is 6.12. The summed E-state index contributed by atoms with van der Waals surface area (Å²) in [7, 11) is 3.60. The first-order chi connectivity index (χ1) is 12.5. The standard InChI is InChI=1S/C19H22N6O/c1-12(2)16-10-25(3)17-6-5-13(7-15(16)17)18(20)23-11-24-19-21-8-14(26-4)9-22-19/h5-12H,1-4H3,(H2,20,21,22,23,24). The average molecular weight is 350 g/mol. The molecule has 26 heavy (non-hydrogen) atoms. The molecule has 1 aromatic carbocycles. The number of aliphatic imine (C=N–C) groups is 2. The Balaban J connectivity index is 1.86. The molecular weight excluding hydrogens is 328 g/mol. The van der Waals surface area contributed by atoms with E-state index in [1.165, 1.54) is 22.8 Å². The van der Waals surface area contributed by atoms with Crippen LogP contribution in [0.1, 0.15) is 30.9 Å². The predicted molar refractivity (Wildman–Crippen MR) is 104 cm³/mol. The van der Waals surface area contributed by atoms with Gasteiger partial charge in [0.05, 0.1) is 19.5 Å². The summed E-state index contributed by atoms with van der Waals surface area (Å²) >= 11 is 0. The lowest BCUT2D eigenvalue weighted by atomic mass is 10.0. The number of ether oxygens (including phenoxy) is 1. The molecule has 0 aliphatic carbocycles. The lowest BCUT2D eigenvalue weighted by Crippen LogP contribution is -2.13. The highest BCUT2D eigenvalue weighted by atomic mass is 16.5. The van der Waals surface area contributed by atoms with Crippen LogP contribution in [0.3, 0.4) is 0 Å². The Hall–Kier alpha value is -3.22. The fourth-order valence-corrected chi connectivity index (χ4v) is 2.74. The fourth-order valence-electron chi connectivity index (χ4n) is 2.74. The summed E-state index contributed by atoms with van der Waals surface area (Å²) in [5, 5.41) is 1.19. The van der Waals surface area contributed by atoms with Crippen LogP contribution in [0.4, 0.5) is 5.95 Å². The van der Waals surface area contributed by atoms with E-state index in [1.54, 1.807) is 19.5 Å². The number of methoxy groups -OCH3 is 1. The quantitative estimate of drug-likeness (QED) is 0.565. The number of fused-ring (bicyclic) bond motifs is 1. The van der Waals surface area contributed by atoms with E-state index < -0.39 is 0 Å². The minimum atomic E-state index is 0.294. The Morgan fingerprint density at radius 1 is 1.27 bits per heavy atom. The first kappa shape index (κ1) is 17.6. The highest BCUT2D eigenvalue weighted by molar-refractivity contribution is 6.04. The van der Waals surface area contributed by atoms with E-state index in [2.05, 4.69) is 56.7 Å². The molecule has 134 valence electrons. The molecule has 7 nitrogen and oxygen atoms in total. The molecule has 0 saturated heterocycles. The third kappa shape index (κ3) is 3.56. The summed E-state index contributed by atoms with van der Waals surface area (Å²) in [6.45, 7) is 4.36. The largest absolute Gasteiger partial charge is 0.494 e. The van der Waals surface area contributed by atoms with Crippen molar-refractivity contribution >= 4 is 29.0 Å². The lowest BCUT2D eigenvalue weighted by Gasteiger charge is -2.04. The maximum absolute atomic E-state index is 6.12. The van der Waals surface area contributed by atoms with Crippen molar-refractivity contribution in [1.82, 2.24) is 14.5 Å². The van der Waals surface area contributed by atoms with Gasteiger partial charge in [-0.2, -0.15) is 4.99 Å². The zero-order valence-corrected chi connectivity index (χ0v) is 15.3. The van der Waals surface area contributed by atoms with Gasteiger partial charge < -0.3 is 15.0 Å². The summed E-state index contributed by atoms with van der Waals surface area (Å²) in [6, 6.07) is 6.09. The molecule has 2 heterocycles. The second-order valence-corrected chi connectivity index (χ2v) is 6.26. The molecule has 0 bridgehead atoms. The molecule has 2 N–H and O–H groups in total. The van der Waals surface area contributed by atoms with E-state index in [1.807, 2.05) is 13.1 Å². The molecule has 7 heteroatoms. The summed E-state index contributed by atoms with van der Waals surface area (Å²) < 4.78 is 7.14. The van der Waals surface area contributed by atoms with Gasteiger partial charge in [0.1, 0.15) is 12.2 Å². The van der Waals surface area contributed by atoms with Crippen molar-refractivity contribution in [2.45, 2.75) is 19.8 Å². The van der Waals surface area contributed by atoms with Gasteiger partial charge in [0.2, 0.25) is 0 Å². The Kier molecular flexibility index (Phi) is 4.97. The smallest absolute Gasteiger partial charge is 0.251 e. The third-order valence-corrected chi connectivity index (χ3v) is 4.16. The molecule has 0 radical (unpaired) electrons. The van der Waals surface area contributed by atoms with Crippen LogP contribution in [0.2, 0.25) is 0 Å². The van der Waals surface area contributed by atoms with Crippen molar-refractivity contribution in [2.75, 3.05) is 7.11 Å². The number of benzene rings is 1. The lowest BCUT2D eigenvalue weighted by molar-refractivity contribution is 0.411. The average Bonchev–Trinajstić information content (AvgIpc) is 2.98. The summed E-state index contributed by atoms with van der Waals surface area (Å²) in [5.74, 6) is 1.69. The molecule has 0 atom stereocenters. The number of amidine groups is 1. The van der Waals surface area contributed by atoms with Crippen molar-refractivity contribution in [1.29, 1.82) is 0 Å².